The van der Waals surface area contributed by atoms with Crippen LogP contribution in [0.15, 0.2) is 24.3 Å². The van der Waals surface area contributed by atoms with Crippen LogP contribution >= 0.6 is 0 Å². The lowest BCUT2D eigenvalue weighted by atomic mass is 10.4. The van der Waals surface area contributed by atoms with Crippen molar-refractivity contribution in [3.05, 3.63) is 30.3 Å². The summed E-state index contributed by atoms with van der Waals surface area (Å²) in [7, 11) is -1.27. The van der Waals surface area contributed by atoms with Crippen LogP contribution in [0.5, 0.6) is 0 Å². The van der Waals surface area contributed by atoms with Crippen LogP contribution in [0.1, 0.15) is 0 Å². The van der Waals surface area contributed by atoms with Gasteiger partial charge in [0.2, 0.25) is 0 Å². The predicted octanol–water partition coefficient (Wildman–Crippen LogP) is -0.901. The van der Waals surface area contributed by atoms with Crippen molar-refractivity contribution in [3.8, 4) is 0 Å². The normalized spacial score (nSPS) is 10.1. The van der Waals surface area contributed by atoms with E-state index in [2.05, 4.69) is 6.07 Å². The highest BCUT2D eigenvalue weighted by Gasteiger charge is 1.99. The van der Waals surface area contributed by atoms with Crippen molar-refractivity contribution < 1.29 is 0 Å². The Morgan fingerprint density at radius 1 is 1.33 bits per heavy atom. The quantitative estimate of drug-likeness (QED) is 0.492. The van der Waals surface area contributed by atoms with Gasteiger partial charge in [-0.15, -0.1) is 0 Å². The Bertz CT molecular complexity index is 174. The maximum Gasteiger partial charge on any atom is 0.256 e. The summed E-state index contributed by atoms with van der Waals surface area (Å²) >= 11 is 0. The highest BCUT2D eigenvalue weighted by Crippen LogP contribution is 1.78. The molecule has 0 bridgehead atoms. The molecule has 0 amide bonds. The summed E-state index contributed by atoms with van der Waals surface area (Å²) < 4.78 is 0. The smallest absolute Gasteiger partial charge is 0.256 e. The second-order valence-corrected chi connectivity index (χ2v) is 3.18. The maximum atomic E-state index is 5.46. The standard InChI is InChI=1S/C6H8N2Si/c7-9(8)6-4-2-1-3-5-6/h1-4H,7-8H2. The first-order valence-electron chi connectivity index (χ1n) is 2.65. The van der Waals surface area contributed by atoms with E-state index in [4.69, 9.17) is 10.8 Å². The van der Waals surface area contributed by atoms with Gasteiger partial charge < -0.3 is 10.8 Å². The number of benzene rings is 1. The molecule has 0 heterocycles. The van der Waals surface area contributed by atoms with E-state index in [9.17, 15) is 0 Å². The molecule has 1 rings (SSSR count). The van der Waals surface area contributed by atoms with Gasteiger partial charge in [0.15, 0.2) is 0 Å². The molecule has 0 fully saturated rings. The molecule has 0 aliphatic rings. The summed E-state index contributed by atoms with van der Waals surface area (Å²) in [5.41, 5.74) is 0. The van der Waals surface area contributed by atoms with Gasteiger partial charge in [0.25, 0.3) is 9.12 Å². The summed E-state index contributed by atoms with van der Waals surface area (Å²) in [6.45, 7) is 0. The van der Waals surface area contributed by atoms with E-state index in [1.807, 2.05) is 24.3 Å². The third kappa shape index (κ3) is 1.64. The average molecular weight is 136 g/mol. The monoisotopic (exact) mass is 136 g/mol. The van der Waals surface area contributed by atoms with Crippen LogP contribution in [0.4, 0.5) is 0 Å². The molecule has 0 saturated carbocycles. The summed E-state index contributed by atoms with van der Waals surface area (Å²) in [6, 6.07) is 10.5. The van der Waals surface area contributed by atoms with E-state index in [-0.39, 0.29) is 0 Å². The number of nitrogens with two attached hydrogens (primary N) is 2. The second-order valence-electron chi connectivity index (χ2n) is 1.73. The molecule has 46 valence electrons. The molecule has 4 N–H and O–H groups in total. The first kappa shape index (κ1) is 6.48. The lowest BCUT2D eigenvalue weighted by molar-refractivity contribution is 1.63. The molecule has 3 heteroatoms. The summed E-state index contributed by atoms with van der Waals surface area (Å²) in [5.74, 6) is 0. The van der Waals surface area contributed by atoms with E-state index in [0.717, 1.165) is 5.19 Å². The van der Waals surface area contributed by atoms with E-state index in [1.54, 1.807) is 0 Å². The highest BCUT2D eigenvalue weighted by atomic mass is 28.3. The van der Waals surface area contributed by atoms with Gasteiger partial charge in [0, 0.05) is 0 Å². The Hall–Kier alpha value is -0.643. The molecule has 0 aliphatic carbocycles. The van der Waals surface area contributed by atoms with Crippen LogP contribution in [-0.4, -0.2) is 9.12 Å². The maximum absolute atomic E-state index is 5.46. The minimum Gasteiger partial charge on any atom is -0.335 e. The van der Waals surface area contributed by atoms with Crippen LogP contribution in [-0.2, 0) is 0 Å². The summed E-state index contributed by atoms with van der Waals surface area (Å²) in [6.07, 6.45) is 0. The van der Waals surface area contributed by atoms with E-state index >= 15 is 0 Å². The van der Waals surface area contributed by atoms with Gasteiger partial charge in [-0.1, -0.05) is 24.3 Å². The van der Waals surface area contributed by atoms with Gasteiger partial charge in [0.1, 0.15) is 0 Å². The average Bonchev–Trinajstić information content (AvgIpc) is 1.90. The molecule has 0 saturated heterocycles. The first-order chi connectivity index (χ1) is 4.30. The van der Waals surface area contributed by atoms with Gasteiger partial charge in [-0.25, -0.2) is 0 Å². The van der Waals surface area contributed by atoms with Crippen molar-refractivity contribution in [1.82, 2.24) is 0 Å². The zero-order valence-electron chi connectivity index (χ0n) is 4.96. The third-order valence-corrected chi connectivity index (χ3v) is 1.95. The Kier molecular flexibility index (Phi) is 1.99. The van der Waals surface area contributed by atoms with Crippen LogP contribution < -0.4 is 16.0 Å². The Morgan fingerprint density at radius 3 is 2.44 bits per heavy atom. The fraction of sp³-hybridized carbons (Fsp3) is 0. The zero-order valence-corrected chi connectivity index (χ0v) is 5.96. The zero-order chi connectivity index (χ0) is 6.69. The number of hydrogen-bond donors (Lipinski definition) is 2. The second kappa shape index (κ2) is 2.77. The van der Waals surface area contributed by atoms with E-state index in [1.165, 1.54) is 0 Å². The lowest BCUT2D eigenvalue weighted by Gasteiger charge is -1.97. The molecule has 1 aromatic rings. The fourth-order valence-electron chi connectivity index (χ4n) is 0.573. The largest absolute Gasteiger partial charge is 0.335 e. The van der Waals surface area contributed by atoms with Gasteiger partial charge in [-0.3, -0.25) is 0 Å². The summed E-state index contributed by atoms with van der Waals surface area (Å²) in [5, 5.41) is 11.9. The molecule has 0 aromatic heterocycles. The Morgan fingerprint density at radius 2 is 2.11 bits per heavy atom. The van der Waals surface area contributed by atoms with Gasteiger partial charge >= 0.3 is 0 Å². The molecular formula is C6H8N2Si. The predicted molar refractivity (Wildman–Crippen MR) is 39.0 cm³/mol. The van der Waals surface area contributed by atoms with Crippen molar-refractivity contribution >= 4 is 14.3 Å². The topological polar surface area (TPSA) is 52.0 Å². The molecule has 0 spiro atoms. The SMILES string of the molecule is N[Si](N)c1[c]cccc1. The lowest BCUT2D eigenvalue weighted by Crippen LogP contribution is -2.48. The van der Waals surface area contributed by atoms with Crippen molar-refractivity contribution in [3.63, 3.8) is 0 Å². The third-order valence-electron chi connectivity index (χ3n) is 1.02. The molecule has 0 aliphatic heterocycles. The fourth-order valence-corrected chi connectivity index (χ4v) is 1.11. The van der Waals surface area contributed by atoms with E-state index in [0.29, 0.717) is 0 Å². The van der Waals surface area contributed by atoms with Crippen molar-refractivity contribution in [2.45, 2.75) is 0 Å². The molecular weight excluding hydrogens is 128 g/mol. The van der Waals surface area contributed by atoms with Gasteiger partial charge in [-0.2, -0.15) is 0 Å². The molecule has 0 atom stereocenters. The van der Waals surface area contributed by atoms with Crippen molar-refractivity contribution in [2.24, 2.45) is 10.8 Å². The van der Waals surface area contributed by atoms with Crippen molar-refractivity contribution in [1.29, 1.82) is 0 Å². The number of rotatable bonds is 1. The highest BCUT2D eigenvalue weighted by molar-refractivity contribution is 6.66. The Labute approximate surface area is 56.2 Å². The first-order valence-corrected chi connectivity index (χ1v) is 4.31. The molecule has 1 aromatic carbocycles. The molecule has 2 radical (unpaired) electrons. The van der Waals surface area contributed by atoms with Crippen molar-refractivity contribution in [2.75, 3.05) is 0 Å². The van der Waals surface area contributed by atoms with Crippen LogP contribution in [0.25, 0.3) is 0 Å². The minimum atomic E-state index is -1.27. The summed E-state index contributed by atoms with van der Waals surface area (Å²) in [4.78, 5) is 0. The van der Waals surface area contributed by atoms with Gasteiger partial charge in [0.05, 0.1) is 0 Å². The number of hydrogen-bond acceptors (Lipinski definition) is 2. The van der Waals surface area contributed by atoms with Gasteiger partial charge in [-0.05, 0) is 11.3 Å². The molecule has 0 unspecified atom stereocenters. The Balaban J connectivity index is 2.85. The van der Waals surface area contributed by atoms with Crippen LogP contribution in [0, 0.1) is 6.07 Å². The van der Waals surface area contributed by atoms with E-state index < -0.39 is 9.12 Å². The molecule has 2 nitrogen and oxygen atoms in total. The van der Waals surface area contributed by atoms with Crippen LogP contribution in [0.3, 0.4) is 0 Å². The van der Waals surface area contributed by atoms with Crippen LogP contribution in [0.2, 0.25) is 0 Å². The molecule has 9 heavy (non-hydrogen) atoms. The minimum absolute atomic E-state index is 0.947.